The number of hydrogen-bond acceptors (Lipinski definition) is 3. The van der Waals surface area contributed by atoms with Crippen LogP contribution in [0.1, 0.15) is 30.6 Å². The Morgan fingerprint density at radius 3 is 3.00 bits per heavy atom. The van der Waals surface area contributed by atoms with Gasteiger partial charge in [0.15, 0.2) is 5.75 Å². The Morgan fingerprint density at radius 1 is 1.42 bits per heavy atom. The Balaban J connectivity index is 1.88. The first kappa shape index (κ1) is 12.3. The molecule has 1 saturated heterocycles. The van der Waals surface area contributed by atoms with Crippen LogP contribution in [-0.2, 0) is 0 Å². The van der Waals surface area contributed by atoms with E-state index >= 15 is 0 Å². The van der Waals surface area contributed by atoms with E-state index in [-0.39, 0.29) is 11.3 Å². The lowest BCUT2D eigenvalue weighted by Crippen LogP contribution is -2.31. The van der Waals surface area contributed by atoms with E-state index in [1.54, 1.807) is 0 Å². The smallest absolute Gasteiger partial charge is 0.257 e. The van der Waals surface area contributed by atoms with E-state index in [1.807, 2.05) is 23.1 Å². The maximum absolute atomic E-state index is 12.6. The van der Waals surface area contributed by atoms with Crippen molar-refractivity contribution in [1.82, 2.24) is 4.90 Å². The van der Waals surface area contributed by atoms with Crippen LogP contribution in [0.25, 0.3) is 0 Å². The van der Waals surface area contributed by atoms with Crippen molar-refractivity contribution in [1.29, 1.82) is 0 Å². The fourth-order valence-electron chi connectivity index (χ4n) is 2.80. The van der Waals surface area contributed by atoms with Gasteiger partial charge in [0.1, 0.15) is 6.61 Å². The number of likely N-dealkylation sites (tertiary alicyclic amines) is 1. The molecule has 0 radical (unpaired) electrons. The standard InChI is InChI=1S/C15H20N2O2/c1-15(2)6-8-17(10-15)14(18)11-4-3-5-12-13(11)19-9-7-16-12/h3-5,16H,6-10H2,1-2H3. The number of hydrogen-bond donors (Lipinski definition) is 1. The topological polar surface area (TPSA) is 41.6 Å². The third-order valence-corrected chi connectivity index (χ3v) is 3.87. The molecule has 0 saturated carbocycles. The number of carbonyl (C=O) groups is 1. The molecule has 0 bridgehead atoms. The first-order valence-corrected chi connectivity index (χ1v) is 6.86. The van der Waals surface area contributed by atoms with E-state index in [4.69, 9.17) is 4.74 Å². The van der Waals surface area contributed by atoms with E-state index in [1.165, 1.54) is 0 Å². The predicted octanol–water partition coefficient (Wildman–Crippen LogP) is 2.36. The first-order valence-electron chi connectivity index (χ1n) is 6.86. The molecule has 0 aromatic heterocycles. The molecule has 3 rings (SSSR count). The summed E-state index contributed by atoms with van der Waals surface area (Å²) in [5.74, 6) is 0.801. The van der Waals surface area contributed by atoms with Gasteiger partial charge >= 0.3 is 0 Å². The first-order chi connectivity index (χ1) is 9.07. The van der Waals surface area contributed by atoms with Gasteiger partial charge in [-0.05, 0) is 24.0 Å². The molecule has 0 unspecified atom stereocenters. The van der Waals surface area contributed by atoms with E-state index in [0.29, 0.717) is 17.9 Å². The number of amides is 1. The molecule has 1 aromatic rings. The number of ether oxygens (including phenoxy) is 1. The summed E-state index contributed by atoms with van der Waals surface area (Å²) in [6.45, 7) is 7.48. The minimum Gasteiger partial charge on any atom is -0.489 e. The summed E-state index contributed by atoms with van der Waals surface area (Å²) in [6.07, 6.45) is 1.06. The van der Waals surface area contributed by atoms with E-state index in [9.17, 15) is 4.79 Å². The Morgan fingerprint density at radius 2 is 2.26 bits per heavy atom. The predicted molar refractivity (Wildman–Crippen MR) is 74.7 cm³/mol. The van der Waals surface area contributed by atoms with Gasteiger partial charge in [0, 0.05) is 19.6 Å². The molecule has 4 heteroatoms. The largest absolute Gasteiger partial charge is 0.489 e. The lowest BCUT2D eigenvalue weighted by Gasteiger charge is -2.24. The maximum Gasteiger partial charge on any atom is 0.257 e. The molecular weight excluding hydrogens is 240 g/mol. The highest BCUT2D eigenvalue weighted by Gasteiger charge is 2.33. The molecule has 2 aliphatic rings. The number of carbonyl (C=O) groups excluding carboxylic acids is 1. The molecule has 0 aliphatic carbocycles. The van der Waals surface area contributed by atoms with Crippen molar-refractivity contribution in [3.05, 3.63) is 23.8 Å². The zero-order valence-electron chi connectivity index (χ0n) is 11.5. The molecule has 0 spiro atoms. The fourth-order valence-corrected chi connectivity index (χ4v) is 2.80. The summed E-state index contributed by atoms with van der Waals surface area (Å²) in [4.78, 5) is 14.6. The summed E-state index contributed by atoms with van der Waals surface area (Å²) < 4.78 is 5.68. The second kappa shape index (κ2) is 4.44. The second-order valence-corrected chi connectivity index (χ2v) is 6.10. The van der Waals surface area contributed by atoms with Crippen molar-refractivity contribution in [3.63, 3.8) is 0 Å². The maximum atomic E-state index is 12.6. The average Bonchev–Trinajstić information content (AvgIpc) is 2.78. The number of benzene rings is 1. The van der Waals surface area contributed by atoms with Crippen LogP contribution in [0.4, 0.5) is 5.69 Å². The normalized spacial score (nSPS) is 20.4. The summed E-state index contributed by atoms with van der Waals surface area (Å²) >= 11 is 0. The van der Waals surface area contributed by atoms with Crippen LogP contribution in [-0.4, -0.2) is 37.0 Å². The minimum atomic E-state index is 0.0890. The highest BCUT2D eigenvalue weighted by molar-refractivity contribution is 5.99. The Hall–Kier alpha value is -1.71. The third-order valence-electron chi connectivity index (χ3n) is 3.87. The number of nitrogens with zero attached hydrogens (tertiary/aromatic N) is 1. The van der Waals surface area contributed by atoms with Gasteiger partial charge in [0.2, 0.25) is 0 Å². The summed E-state index contributed by atoms with van der Waals surface area (Å²) in [6, 6.07) is 5.73. The van der Waals surface area contributed by atoms with Crippen molar-refractivity contribution in [2.45, 2.75) is 20.3 Å². The number of para-hydroxylation sites is 1. The lowest BCUT2D eigenvalue weighted by molar-refractivity contribution is 0.0774. The highest BCUT2D eigenvalue weighted by atomic mass is 16.5. The molecule has 102 valence electrons. The summed E-state index contributed by atoms with van der Waals surface area (Å²) in [5.41, 5.74) is 1.84. The van der Waals surface area contributed by atoms with Gasteiger partial charge in [0.05, 0.1) is 11.3 Å². The third kappa shape index (κ3) is 2.27. The van der Waals surface area contributed by atoms with Crippen LogP contribution < -0.4 is 10.1 Å². The van der Waals surface area contributed by atoms with Gasteiger partial charge in [-0.2, -0.15) is 0 Å². The van der Waals surface area contributed by atoms with Gasteiger partial charge in [-0.3, -0.25) is 4.79 Å². The van der Waals surface area contributed by atoms with Crippen molar-refractivity contribution >= 4 is 11.6 Å². The molecule has 2 heterocycles. The number of nitrogens with one attached hydrogen (secondary N) is 1. The van der Waals surface area contributed by atoms with Crippen molar-refractivity contribution in [3.8, 4) is 5.75 Å². The quantitative estimate of drug-likeness (QED) is 0.843. The molecule has 0 atom stereocenters. The molecule has 1 aromatic carbocycles. The SMILES string of the molecule is CC1(C)CCN(C(=O)c2cccc3c2OCCN3)C1. The summed E-state index contributed by atoms with van der Waals surface area (Å²) in [7, 11) is 0. The molecule has 4 nitrogen and oxygen atoms in total. The minimum absolute atomic E-state index is 0.0890. The van der Waals surface area contributed by atoms with E-state index in [0.717, 1.165) is 31.7 Å². The Kier molecular flexibility index (Phi) is 2.88. The van der Waals surface area contributed by atoms with E-state index in [2.05, 4.69) is 19.2 Å². The zero-order valence-corrected chi connectivity index (χ0v) is 11.5. The molecular formula is C15H20N2O2. The molecule has 2 aliphatic heterocycles. The van der Waals surface area contributed by atoms with Crippen LogP contribution >= 0.6 is 0 Å². The van der Waals surface area contributed by atoms with Crippen LogP contribution in [0.15, 0.2) is 18.2 Å². The number of anilines is 1. The summed E-state index contributed by atoms with van der Waals surface area (Å²) in [5, 5.41) is 3.27. The lowest BCUT2D eigenvalue weighted by atomic mass is 9.93. The van der Waals surface area contributed by atoms with Gasteiger partial charge in [-0.1, -0.05) is 19.9 Å². The fraction of sp³-hybridized carbons (Fsp3) is 0.533. The van der Waals surface area contributed by atoms with Gasteiger partial charge < -0.3 is 15.0 Å². The van der Waals surface area contributed by atoms with Gasteiger partial charge in [-0.25, -0.2) is 0 Å². The van der Waals surface area contributed by atoms with E-state index < -0.39 is 0 Å². The Bertz CT molecular complexity index is 511. The van der Waals surface area contributed by atoms with Crippen LogP contribution in [0, 0.1) is 5.41 Å². The van der Waals surface area contributed by atoms with Crippen LogP contribution in [0.2, 0.25) is 0 Å². The molecule has 1 fully saturated rings. The van der Waals surface area contributed by atoms with Crippen LogP contribution in [0.3, 0.4) is 0 Å². The van der Waals surface area contributed by atoms with Gasteiger partial charge in [0.25, 0.3) is 5.91 Å². The number of rotatable bonds is 1. The molecule has 19 heavy (non-hydrogen) atoms. The molecule has 1 N–H and O–H groups in total. The van der Waals surface area contributed by atoms with Crippen molar-refractivity contribution in [2.75, 3.05) is 31.6 Å². The van der Waals surface area contributed by atoms with Crippen molar-refractivity contribution in [2.24, 2.45) is 5.41 Å². The second-order valence-electron chi connectivity index (χ2n) is 6.10. The Labute approximate surface area is 113 Å². The van der Waals surface area contributed by atoms with Gasteiger partial charge in [-0.15, -0.1) is 0 Å². The average molecular weight is 260 g/mol. The zero-order chi connectivity index (χ0) is 13.5. The highest BCUT2D eigenvalue weighted by Crippen LogP contribution is 2.35. The van der Waals surface area contributed by atoms with Crippen LogP contribution in [0.5, 0.6) is 5.75 Å². The van der Waals surface area contributed by atoms with Crippen molar-refractivity contribution < 1.29 is 9.53 Å². The molecule has 1 amide bonds. The monoisotopic (exact) mass is 260 g/mol. The number of fused-ring (bicyclic) bond motifs is 1.